The number of guanidine groups is 1. The Bertz CT molecular complexity index is 648. The molecule has 0 saturated carbocycles. The first-order valence-electron chi connectivity index (χ1n) is 9.80. The van der Waals surface area contributed by atoms with E-state index in [1.165, 1.54) is 0 Å². The molecule has 0 bridgehead atoms. The molecule has 1 aliphatic rings. The minimum atomic E-state index is -4.38. The standard InChI is InChI=1S/C20H30F3N3O3/c1-15-6-7-16(18(11-15)29-14-20(21,22)23)12-26-19(24-2)25-8-4-9-27-13-17-5-3-10-28-17/h6-7,11,17H,3-5,8-10,12-14H2,1-2H3,(H2,24,25,26). The van der Waals surface area contributed by atoms with Crippen molar-refractivity contribution < 1.29 is 27.4 Å². The van der Waals surface area contributed by atoms with Crippen LogP contribution in [0.15, 0.2) is 23.2 Å². The Kier molecular flexibility index (Phi) is 9.53. The van der Waals surface area contributed by atoms with Gasteiger partial charge in [-0.2, -0.15) is 13.2 Å². The van der Waals surface area contributed by atoms with Crippen LogP contribution >= 0.6 is 0 Å². The fraction of sp³-hybridized carbons (Fsp3) is 0.650. The molecule has 2 rings (SSSR count). The number of benzene rings is 1. The van der Waals surface area contributed by atoms with Crippen molar-refractivity contribution in [1.82, 2.24) is 10.6 Å². The largest absolute Gasteiger partial charge is 0.484 e. The van der Waals surface area contributed by atoms with Crippen molar-refractivity contribution >= 4 is 5.96 Å². The molecular weight excluding hydrogens is 387 g/mol. The Morgan fingerprint density at radius 3 is 2.83 bits per heavy atom. The van der Waals surface area contributed by atoms with Gasteiger partial charge in [-0.1, -0.05) is 12.1 Å². The third-order valence-electron chi connectivity index (χ3n) is 4.37. The van der Waals surface area contributed by atoms with Gasteiger partial charge in [0.15, 0.2) is 12.6 Å². The van der Waals surface area contributed by atoms with Gasteiger partial charge in [-0.15, -0.1) is 0 Å². The molecule has 2 N–H and O–H groups in total. The minimum Gasteiger partial charge on any atom is -0.484 e. The van der Waals surface area contributed by atoms with Crippen molar-refractivity contribution in [3.05, 3.63) is 29.3 Å². The van der Waals surface area contributed by atoms with Crippen LogP contribution in [-0.2, 0) is 16.0 Å². The highest BCUT2D eigenvalue weighted by Crippen LogP contribution is 2.23. The van der Waals surface area contributed by atoms with E-state index in [0.29, 0.717) is 37.8 Å². The van der Waals surface area contributed by atoms with Gasteiger partial charge in [0.2, 0.25) is 0 Å². The van der Waals surface area contributed by atoms with Gasteiger partial charge in [-0.25, -0.2) is 0 Å². The van der Waals surface area contributed by atoms with Crippen LogP contribution in [0.2, 0.25) is 0 Å². The molecule has 164 valence electrons. The minimum absolute atomic E-state index is 0.216. The van der Waals surface area contributed by atoms with E-state index >= 15 is 0 Å². The maximum absolute atomic E-state index is 12.5. The molecule has 1 aromatic rings. The number of aliphatic imine (C=N–C) groups is 1. The lowest BCUT2D eigenvalue weighted by molar-refractivity contribution is -0.153. The first-order valence-corrected chi connectivity index (χ1v) is 9.80. The highest BCUT2D eigenvalue weighted by atomic mass is 19.4. The van der Waals surface area contributed by atoms with Gasteiger partial charge in [0.25, 0.3) is 0 Å². The van der Waals surface area contributed by atoms with Gasteiger partial charge in [-0.3, -0.25) is 4.99 Å². The molecule has 0 radical (unpaired) electrons. The predicted octanol–water partition coefficient (Wildman–Crippen LogP) is 3.19. The smallest absolute Gasteiger partial charge is 0.422 e. The Morgan fingerprint density at radius 1 is 1.31 bits per heavy atom. The van der Waals surface area contributed by atoms with Gasteiger partial charge >= 0.3 is 6.18 Å². The molecule has 1 heterocycles. The normalized spacial score (nSPS) is 17.4. The fourth-order valence-corrected chi connectivity index (χ4v) is 2.87. The van der Waals surface area contributed by atoms with E-state index in [4.69, 9.17) is 14.2 Å². The summed E-state index contributed by atoms with van der Waals surface area (Å²) in [6, 6.07) is 5.18. The van der Waals surface area contributed by atoms with Crippen LogP contribution in [0.1, 0.15) is 30.4 Å². The molecule has 0 aliphatic carbocycles. The zero-order valence-electron chi connectivity index (χ0n) is 17.0. The number of ether oxygens (including phenoxy) is 3. The molecule has 1 unspecified atom stereocenters. The number of aryl methyl sites for hydroxylation is 1. The maximum atomic E-state index is 12.5. The van der Waals surface area contributed by atoms with E-state index in [-0.39, 0.29) is 11.9 Å². The van der Waals surface area contributed by atoms with Crippen LogP contribution in [0.5, 0.6) is 5.75 Å². The second kappa shape index (κ2) is 11.9. The van der Waals surface area contributed by atoms with Gasteiger partial charge in [0.05, 0.1) is 12.7 Å². The van der Waals surface area contributed by atoms with Gasteiger partial charge < -0.3 is 24.8 Å². The number of nitrogens with zero attached hydrogens (tertiary/aromatic N) is 1. The van der Waals surface area contributed by atoms with E-state index < -0.39 is 12.8 Å². The summed E-state index contributed by atoms with van der Waals surface area (Å²) in [4.78, 5) is 4.13. The van der Waals surface area contributed by atoms with Crippen LogP contribution in [0, 0.1) is 6.92 Å². The lowest BCUT2D eigenvalue weighted by Crippen LogP contribution is -2.37. The first kappa shape index (κ1) is 23.3. The number of hydrogen-bond acceptors (Lipinski definition) is 4. The van der Waals surface area contributed by atoms with E-state index in [9.17, 15) is 13.2 Å². The second-order valence-electron chi connectivity index (χ2n) is 6.93. The molecule has 1 fully saturated rings. The van der Waals surface area contributed by atoms with Crippen LogP contribution in [0.4, 0.5) is 13.2 Å². The second-order valence-corrected chi connectivity index (χ2v) is 6.93. The first-order chi connectivity index (χ1) is 13.9. The molecule has 29 heavy (non-hydrogen) atoms. The van der Waals surface area contributed by atoms with Crippen molar-refractivity contribution in [1.29, 1.82) is 0 Å². The highest BCUT2D eigenvalue weighted by molar-refractivity contribution is 5.79. The van der Waals surface area contributed by atoms with Crippen LogP contribution in [-0.4, -0.2) is 58.3 Å². The van der Waals surface area contributed by atoms with Crippen LogP contribution in [0.25, 0.3) is 0 Å². The molecule has 6 nitrogen and oxygen atoms in total. The van der Waals surface area contributed by atoms with Crippen molar-refractivity contribution in [2.75, 3.05) is 40.0 Å². The molecule has 1 atom stereocenters. The molecular formula is C20H30F3N3O3. The summed E-state index contributed by atoms with van der Waals surface area (Å²) in [7, 11) is 1.64. The van der Waals surface area contributed by atoms with Crippen molar-refractivity contribution in [2.24, 2.45) is 4.99 Å². The molecule has 1 saturated heterocycles. The van der Waals surface area contributed by atoms with Gasteiger partial charge in [0.1, 0.15) is 5.75 Å². The number of rotatable bonds is 10. The van der Waals surface area contributed by atoms with Gasteiger partial charge in [-0.05, 0) is 37.8 Å². The summed E-state index contributed by atoms with van der Waals surface area (Å²) >= 11 is 0. The third-order valence-corrected chi connectivity index (χ3v) is 4.37. The van der Waals surface area contributed by atoms with Crippen molar-refractivity contribution in [3.63, 3.8) is 0 Å². The van der Waals surface area contributed by atoms with Crippen molar-refractivity contribution in [3.8, 4) is 5.75 Å². The Morgan fingerprint density at radius 2 is 2.14 bits per heavy atom. The average molecular weight is 417 g/mol. The van der Waals surface area contributed by atoms with Crippen molar-refractivity contribution in [2.45, 2.75) is 45.0 Å². The van der Waals surface area contributed by atoms with Gasteiger partial charge in [0, 0.05) is 38.9 Å². The predicted molar refractivity (Wildman–Crippen MR) is 105 cm³/mol. The number of halogens is 3. The maximum Gasteiger partial charge on any atom is 0.422 e. The topological polar surface area (TPSA) is 64.1 Å². The zero-order chi connectivity index (χ0) is 21.1. The summed E-state index contributed by atoms with van der Waals surface area (Å²) < 4.78 is 53.5. The fourth-order valence-electron chi connectivity index (χ4n) is 2.87. The van der Waals surface area contributed by atoms with E-state index in [1.54, 1.807) is 26.1 Å². The number of hydrogen-bond donors (Lipinski definition) is 2. The summed E-state index contributed by atoms with van der Waals surface area (Å²) in [6.45, 7) is 3.51. The van der Waals surface area contributed by atoms with E-state index in [1.807, 2.05) is 6.07 Å². The monoisotopic (exact) mass is 417 g/mol. The van der Waals surface area contributed by atoms with Crippen LogP contribution in [0.3, 0.4) is 0 Å². The molecule has 0 spiro atoms. The Balaban J connectivity index is 1.71. The molecule has 9 heteroatoms. The lowest BCUT2D eigenvalue weighted by atomic mass is 10.1. The zero-order valence-corrected chi connectivity index (χ0v) is 17.0. The Labute approximate surface area is 169 Å². The summed E-state index contributed by atoms with van der Waals surface area (Å²) in [5, 5.41) is 6.26. The number of alkyl halides is 3. The molecule has 0 amide bonds. The molecule has 1 aliphatic heterocycles. The number of nitrogens with one attached hydrogen (secondary N) is 2. The lowest BCUT2D eigenvalue weighted by Gasteiger charge is -2.16. The third kappa shape index (κ3) is 9.36. The quantitative estimate of drug-likeness (QED) is 0.348. The molecule has 1 aromatic carbocycles. The summed E-state index contributed by atoms with van der Waals surface area (Å²) in [6.07, 6.45) is -1.19. The summed E-state index contributed by atoms with van der Waals surface area (Å²) in [5.74, 6) is 0.777. The highest BCUT2D eigenvalue weighted by Gasteiger charge is 2.28. The molecule has 0 aromatic heterocycles. The Hall–Kier alpha value is -2.00. The average Bonchev–Trinajstić information content (AvgIpc) is 3.19. The van der Waals surface area contributed by atoms with Crippen LogP contribution < -0.4 is 15.4 Å². The summed E-state index contributed by atoms with van der Waals surface area (Å²) in [5.41, 5.74) is 1.46. The van der Waals surface area contributed by atoms with E-state index in [2.05, 4.69) is 15.6 Å². The van der Waals surface area contributed by atoms with E-state index in [0.717, 1.165) is 31.4 Å². The SMILES string of the molecule is CN=C(NCCCOCC1CCCO1)NCc1ccc(C)cc1OCC(F)(F)F.